The van der Waals surface area contributed by atoms with Crippen LogP contribution in [0.1, 0.15) is 26.7 Å². The Hall–Kier alpha value is -1.10. The molecular weight excluding hydrogens is 206 g/mol. The third-order valence-electron chi connectivity index (χ3n) is 3.21. The van der Waals surface area contributed by atoms with Crippen LogP contribution in [0.3, 0.4) is 0 Å². The van der Waals surface area contributed by atoms with Gasteiger partial charge in [-0.05, 0) is 18.8 Å². The van der Waals surface area contributed by atoms with Crippen molar-refractivity contribution >= 4 is 11.8 Å². The van der Waals surface area contributed by atoms with Gasteiger partial charge in [-0.3, -0.25) is 9.59 Å². The van der Waals surface area contributed by atoms with Gasteiger partial charge in [-0.15, -0.1) is 0 Å². The number of hydrogen-bond acceptors (Lipinski definition) is 3. The van der Waals surface area contributed by atoms with Gasteiger partial charge in [0.1, 0.15) is 0 Å². The van der Waals surface area contributed by atoms with Crippen LogP contribution in [0.25, 0.3) is 0 Å². The van der Waals surface area contributed by atoms with E-state index in [1.165, 1.54) is 0 Å². The summed E-state index contributed by atoms with van der Waals surface area (Å²) in [5.41, 5.74) is 11.0. The Morgan fingerprint density at radius 2 is 1.75 bits per heavy atom. The number of nitrogens with zero attached hydrogens (tertiary/aromatic N) is 1. The number of likely N-dealkylation sites (tertiary alicyclic amines) is 1. The van der Waals surface area contributed by atoms with Crippen LogP contribution < -0.4 is 11.5 Å². The van der Waals surface area contributed by atoms with E-state index < -0.39 is 6.04 Å². The van der Waals surface area contributed by atoms with Crippen LogP contribution in [0.5, 0.6) is 0 Å². The van der Waals surface area contributed by atoms with E-state index in [2.05, 4.69) is 0 Å². The third-order valence-corrected chi connectivity index (χ3v) is 3.21. The van der Waals surface area contributed by atoms with Gasteiger partial charge >= 0.3 is 0 Å². The predicted octanol–water partition coefficient (Wildman–Crippen LogP) is -0.306. The normalized spacial score (nSPS) is 19.9. The highest BCUT2D eigenvalue weighted by atomic mass is 16.2. The predicted molar refractivity (Wildman–Crippen MR) is 61.3 cm³/mol. The molecule has 1 saturated heterocycles. The van der Waals surface area contributed by atoms with Crippen molar-refractivity contribution in [1.82, 2.24) is 4.90 Å². The molecule has 2 amide bonds. The van der Waals surface area contributed by atoms with Crippen molar-refractivity contribution in [1.29, 1.82) is 0 Å². The van der Waals surface area contributed by atoms with Crippen molar-refractivity contribution in [2.75, 3.05) is 13.1 Å². The lowest BCUT2D eigenvalue weighted by molar-refractivity contribution is -0.136. The molecule has 1 rings (SSSR count). The lowest BCUT2D eigenvalue weighted by Crippen LogP contribution is -2.50. The second kappa shape index (κ2) is 5.30. The number of rotatable bonds is 3. The van der Waals surface area contributed by atoms with Crippen LogP contribution in [0, 0.1) is 11.8 Å². The lowest BCUT2D eigenvalue weighted by Gasteiger charge is -2.33. The summed E-state index contributed by atoms with van der Waals surface area (Å²) in [7, 11) is 0. The first-order chi connectivity index (χ1) is 7.43. The van der Waals surface area contributed by atoms with E-state index in [-0.39, 0.29) is 23.7 Å². The molecule has 4 N–H and O–H groups in total. The summed E-state index contributed by atoms with van der Waals surface area (Å²) in [5, 5.41) is 0. The topological polar surface area (TPSA) is 89.4 Å². The standard InChI is InChI=1S/C11H21N3O2/c1-7(2)9(12)11(16)14-5-3-8(4-6-14)10(13)15/h7-9H,3-6,12H2,1-2H3,(H2,13,15)/t9-/m0/s1. The molecule has 0 unspecified atom stereocenters. The smallest absolute Gasteiger partial charge is 0.239 e. The Kier molecular flexibility index (Phi) is 4.29. The summed E-state index contributed by atoms with van der Waals surface area (Å²) in [4.78, 5) is 24.6. The van der Waals surface area contributed by atoms with Gasteiger partial charge in [0.2, 0.25) is 11.8 Å². The van der Waals surface area contributed by atoms with Crippen molar-refractivity contribution in [3.63, 3.8) is 0 Å². The zero-order chi connectivity index (χ0) is 12.3. The quantitative estimate of drug-likeness (QED) is 0.693. The Bertz CT molecular complexity index is 270. The maximum absolute atomic E-state index is 11.9. The van der Waals surface area contributed by atoms with Crippen molar-refractivity contribution in [2.24, 2.45) is 23.3 Å². The van der Waals surface area contributed by atoms with Crippen LogP contribution in [0.4, 0.5) is 0 Å². The molecule has 5 nitrogen and oxygen atoms in total. The Morgan fingerprint density at radius 3 is 2.12 bits per heavy atom. The second-order valence-electron chi connectivity index (χ2n) is 4.77. The number of primary amides is 1. The van der Waals surface area contributed by atoms with Crippen molar-refractivity contribution < 1.29 is 9.59 Å². The molecule has 1 heterocycles. The van der Waals surface area contributed by atoms with E-state index in [4.69, 9.17) is 11.5 Å². The minimum atomic E-state index is -0.440. The van der Waals surface area contributed by atoms with Crippen LogP contribution in [-0.2, 0) is 9.59 Å². The maximum Gasteiger partial charge on any atom is 0.239 e. The fourth-order valence-corrected chi connectivity index (χ4v) is 1.88. The van der Waals surface area contributed by atoms with Crippen LogP contribution in [-0.4, -0.2) is 35.8 Å². The highest BCUT2D eigenvalue weighted by Crippen LogP contribution is 2.18. The minimum Gasteiger partial charge on any atom is -0.369 e. The number of hydrogen-bond donors (Lipinski definition) is 2. The highest BCUT2D eigenvalue weighted by Gasteiger charge is 2.29. The average Bonchev–Trinajstić information content (AvgIpc) is 2.27. The fraction of sp³-hybridized carbons (Fsp3) is 0.818. The summed E-state index contributed by atoms with van der Waals surface area (Å²) in [5.74, 6) is -0.223. The fourth-order valence-electron chi connectivity index (χ4n) is 1.88. The van der Waals surface area contributed by atoms with Crippen molar-refractivity contribution in [3.05, 3.63) is 0 Å². The number of amides is 2. The Morgan fingerprint density at radius 1 is 1.25 bits per heavy atom. The summed E-state index contributed by atoms with van der Waals surface area (Å²) in [6, 6.07) is -0.440. The van der Waals surface area contributed by atoms with Gasteiger partial charge in [0, 0.05) is 19.0 Å². The zero-order valence-corrected chi connectivity index (χ0v) is 9.98. The van der Waals surface area contributed by atoms with E-state index in [0.717, 1.165) is 0 Å². The zero-order valence-electron chi connectivity index (χ0n) is 9.98. The molecule has 92 valence electrons. The van der Waals surface area contributed by atoms with Crippen LogP contribution >= 0.6 is 0 Å². The molecular formula is C11H21N3O2. The number of carbonyl (C=O) groups excluding carboxylic acids is 2. The van der Waals surface area contributed by atoms with Crippen molar-refractivity contribution in [2.45, 2.75) is 32.7 Å². The highest BCUT2D eigenvalue weighted by molar-refractivity contribution is 5.82. The van der Waals surface area contributed by atoms with Gasteiger partial charge in [0.05, 0.1) is 6.04 Å². The molecule has 0 aromatic heterocycles. The van der Waals surface area contributed by atoms with Gasteiger partial charge < -0.3 is 16.4 Å². The summed E-state index contributed by atoms with van der Waals surface area (Å²) in [6.07, 6.45) is 1.32. The molecule has 1 atom stereocenters. The molecule has 0 aliphatic carbocycles. The molecule has 0 saturated carbocycles. The molecule has 1 aliphatic heterocycles. The number of carbonyl (C=O) groups is 2. The second-order valence-corrected chi connectivity index (χ2v) is 4.77. The van der Waals surface area contributed by atoms with E-state index in [9.17, 15) is 9.59 Å². The molecule has 16 heavy (non-hydrogen) atoms. The number of piperidine rings is 1. The van der Waals surface area contributed by atoms with E-state index in [1.54, 1.807) is 4.90 Å². The van der Waals surface area contributed by atoms with E-state index in [0.29, 0.717) is 25.9 Å². The lowest BCUT2D eigenvalue weighted by atomic mass is 9.95. The molecule has 0 radical (unpaired) electrons. The molecule has 5 heteroatoms. The molecule has 0 bridgehead atoms. The average molecular weight is 227 g/mol. The van der Waals surface area contributed by atoms with Gasteiger partial charge in [-0.25, -0.2) is 0 Å². The first-order valence-electron chi connectivity index (χ1n) is 5.77. The first-order valence-corrected chi connectivity index (χ1v) is 5.77. The largest absolute Gasteiger partial charge is 0.369 e. The summed E-state index contributed by atoms with van der Waals surface area (Å²) >= 11 is 0. The van der Waals surface area contributed by atoms with Crippen molar-refractivity contribution in [3.8, 4) is 0 Å². The minimum absolute atomic E-state index is 0.0158. The first kappa shape index (κ1) is 13.0. The molecule has 1 fully saturated rings. The van der Waals surface area contributed by atoms with Crippen LogP contribution in [0.2, 0.25) is 0 Å². The van der Waals surface area contributed by atoms with Gasteiger partial charge in [0.15, 0.2) is 0 Å². The van der Waals surface area contributed by atoms with Gasteiger partial charge in [-0.2, -0.15) is 0 Å². The van der Waals surface area contributed by atoms with Gasteiger partial charge in [-0.1, -0.05) is 13.8 Å². The summed E-state index contributed by atoms with van der Waals surface area (Å²) < 4.78 is 0. The van der Waals surface area contributed by atoms with Gasteiger partial charge in [0.25, 0.3) is 0 Å². The molecule has 0 aromatic rings. The maximum atomic E-state index is 11.9. The Labute approximate surface area is 96.1 Å². The Balaban J connectivity index is 2.47. The van der Waals surface area contributed by atoms with E-state index >= 15 is 0 Å². The SMILES string of the molecule is CC(C)[C@H](N)C(=O)N1CCC(C(N)=O)CC1. The molecule has 0 aromatic carbocycles. The summed E-state index contributed by atoms with van der Waals surface area (Å²) in [6.45, 7) is 5.04. The third kappa shape index (κ3) is 2.95. The van der Waals surface area contributed by atoms with E-state index in [1.807, 2.05) is 13.8 Å². The van der Waals surface area contributed by atoms with Crippen LogP contribution in [0.15, 0.2) is 0 Å². The number of nitrogens with two attached hydrogens (primary N) is 2. The molecule has 0 spiro atoms. The molecule has 1 aliphatic rings. The monoisotopic (exact) mass is 227 g/mol.